The molecule has 288 valence electrons. The van der Waals surface area contributed by atoms with E-state index in [1.165, 1.54) is 10.9 Å². The highest BCUT2D eigenvalue weighted by atomic mass is 31.2. The summed E-state index contributed by atoms with van der Waals surface area (Å²) < 4.78 is 49.9. The molecule has 1 aliphatic rings. The molecule has 0 radical (unpaired) electrons. The first-order valence-electron chi connectivity index (χ1n) is 17.4. The molecule has 16 nitrogen and oxygen atoms in total. The molecule has 1 aliphatic heterocycles. The topological polar surface area (TPSA) is 215 Å². The van der Waals surface area contributed by atoms with Gasteiger partial charge in [0.15, 0.2) is 11.2 Å². The lowest BCUT2D eigenvalue weighted by Gasteiger charge is -2.37. The predicted molar refractivity (Wildman–Crippen MR) is 198 cm³/mol. The van der Waals surface area contributed by atoms with Gasteiger partial charge in [-0.25, -0.2) is 14.5 Å². The van der Waals surface area contributed by atoms with Crippen molar-refractivity contribution in [2.24, 2.45) is 10.9 Å². The van der Waals surface area contributed by atoms with Crippen molar-refractivity contribution in [3.05, 3.63) is 112 Å². The highest BCUT2D eigenvalue weighted by molar-refractivity contribution is 7.47. The molecular formula is C38H40N6O10P-. The second-order valence-corrected chi connectivity index (χ2v) is 14.3. The third-order valence-electron chi connectivity index (χ3n) is 8.99. The van der Waals surface area contributed by atoms with E-state index in [9.17, 15) is 19.4 Å². The first-order valence-corrected chi connectivity index (χ1v) is 18.9. The largest absolute Gasteiger partial charge is 0.861 e. The van der Waals surface area contributed by atoms with E-state index >= 15 is 0 Å². The van der Waals surface area contributed by atoms with Gasteiger partial charge in [-0.15, -0.1) is 0 Å². The number of rotatable bonds is 16. The predicted octanol–water partition coefficient (Wildman–Crippen LogP) is 4.90. The smallest absolute Gasteiger partial charge is 0.472 e. The standard InChI is InChI=1S/C38H41N6O10P/c1-24(2)35(45)42-37-41-34-33(36(46)43-37)40-23-44(34)32-21-30(54-55(47,48)52-20-8-19-39)31(53-32)22-51-38(25-9-6-5-7-10-25,26-11-15-28(49-3)16-12-26)27-13-17-29(50-4)18-14-27/h5-7,9-18,23-24,30-32H,8,20-22H2,1-4H3,(H,47,48)(H2,41,42,43,45,46)/p-1/t30-,31+,32+/m0/s1. The number of methoxy groups -OCH3 is 2. The second kappa shape index (κ2) is 17.0. The molecule has 2 aromatic heterocycles. The normalized spacial score (nSPS) is 18.6. The number of imidazole rings is 1. The number of aliphatic imine (C=N–C) groups is 1. The summed E-state index contributed by atoms with van der Waals surface area (Å²) in [6.07, 6.45) is -1.91. The zero-order valence-corrected chi connectivity index (χ0v) is 31.4. The molecule has 17 heteroatoms. The average Bonchev–Trinajstić information content (AvgIpc) is 3.79. The minimum absolute atomic E-state index is 0.0357. The van der Waals surface area contributed by atoms with Crippen LogP contribution in [-0.2, 0) is 28.7 Å². The van der Waals surface area contributed by atoms with Crippen LogP contribution in [0, 0.1) is 17.2 Å². The molecule has 0 amide bonds. The third-order valence-corrected chi connectivity index (χ3v) is 10.0. The summed E-state index contributed by atoms with van der Waals surface area (Å²) in [7, 11) is -1.57. The number of hydrogen-bond donors (Lipinski definition) is 2. The fourth-order valence-corrected chi connectivity index (χ4v) is 7.18. The van der Waals surface area contributed by atoms with Crippen molar-refractivity contribution in [2.45, 2.75) is 50.7 Å². The summed E-state index contributed by atoms with van der Waals surface area (Å²) in [4.78, 5) is 38.7. The van der Waals surface area contributed by atoms with Gasteiger partial charge in [0.25, 0.3) is 5.56 Å². The minimum atomic E-state index is -4.72. The van der Waals surface area contributed by atoms with Gasteiger partial charge >= 0.3 is 7.82 Å². The van der Waals surface area contributed by atoms with E-state index < -0.39 is 49.2 Å². The van der Waals surface area contributed by atoms with Crippen LogP contribution < -0.4 is 20.1 Å². The molecule has 4 atom stereocenters. The maximum absolute atomic E-state index is 13.2. The number of phosphoric ester groups is 1. The number of hydrogen-bond acceptors (Lipinski definition) is 13. The number of nitriles is 1. The Morgan fingerprint density at radius 1 is 1.07 bits per heavy atom. The van der Waals surface area contributed by atoms with Crippen molar-refractivity contribution >= 4 is 30.8 Å². The van der Waals surface area contributed by atoms with Crippen molar-refractivity contribution in [3.8, 4) is 17.6 Å². The lowest BCUT2D eigenvalue weighted by atomic mass is 9.80. The number of phosphoric acid groups is 1. The molecule has 0 bridgehead atoms. The van der Waals surface area contributed by atoms with Crippen LogP contribution in [0.5, 0.6) is 11.5 Å². The van der Waals surface area contributed by atoms with E-state index in [2.05, 4.69) is 19.9 Å². The van der Waals surface area contributed by atoms with E-state index in [1.807, 2.05) is 84.9 Å². The van der Waals surface area contributed by atoms with Crippen LogP contribution >= 0.6 is 7.82 Å². The van der Waals surface area contributed by atoms with E-state index in [-0.39, 0.29) is 43.2 Å². The SMILES string of the molecule is COc1ccc(C(OC[C@H]2O[C@@H](n3cnc4c(=O)[nH]c(N=C([O-])C(C)C)nc43)C[C@@H]2OP(=O)(O)OCCC#N)(c2ccccc2)c2ccc(OC)cc2)cc1. The highest BCUT2D eigenvalue weighted by Gasteiger charge is 2.45. The number of nitrogens with one attached hydrogen (secondary N) is 1. The Balaban J connectivity index is 1.42. The summed E-state index contributed by atoms with van der Waals surface area (Å²) in [6.45, 7) is 2.80. The number of H-pyrrole nitrogens is 1. The van der Waals surface area contributed by atoms with Gasteiger partial charge in [-0.2, -0.15) is 10.2 Å². The van der Waals surface area contributed by atoms with E-state index in [0.717, 1.165) is 16.7 Å². The molecule has 6 rings (SSSR count). The van der Waals surface area contributed by atoms with Gasteiger partial charge < -0.3 is 28.9 Å². The molecule has 2 N–H and O–H groups in total. The quantitative estimate of drug-likeness (QED) is 0.0450. The maximum atomic E-state index is 13.2. The summed E-state index contributed by atoms with van der Waals surface area (Å²) in [6, 6.07) is 26.2. The van der Waals surface area contributed by atoms with Crippen LogP contribution in [-0.4, -0.2) is 70.0 Å². The summed E-state index contributed by atoms with van der Waals surface area (Å²) in [5, 5.41) is 21.3. The Morgan fingerprint density at radius 3 is 2.27 bits per heavy atom. The van der Waals surface area contributed by atoms with Gasteiger partial charge in [0.1, 0.15) is 35.5 Å². The molecule has 0 aliphatic carbocycles. The Kier molecular flexibility index (Phi) is 12.1. The second-order valence-electron chi connectivity index (χ2n) is 12.9. The molecule has 3 heterocycles. The fraction of sp³-hybridized carbons (Fsp3) is 0.342. The van der Waals surface area contributed by atoms with Gasteiger partial charge in [0.05, 0.1) is 46.3 Å². The van der Waals surface area contributed by atoms with Crippen LogP contribution in [0.15, 0.2) is 95.0 Å². The van der Waals surface area contributed by atoms with Crippen LogP contribution in [0.3, 0.4) is 0 Å². The molecule has 3 aromatic carbocycles. The summed E-state index contributed by atoms with van der Waals surface area (Å²) >= 11 is 0. The highest BCUT2D eigenvalue weighted by Crippen LogP contribution is 2.49. The van der Waals surface area contributed by atoms with Crippen LogP contribution in [0.1, 0.15) is 49.6 Å². The van der Waals surface area contributed by atoms with Gasteiger partial charge in [0, 0.05) is 6.42 Å². The van der Waals surface area contributed by atoms with Crippen molar-refractivity contribution in [3.63, 3.8) is 0 Å². The van der Waals surface area contributed by atoms with Crippen LogP contribution in [0.2, 0.25) is 0 Å². The zero-order valence-electron chi connectivity index (χ0n) is 30.5. The van der Waals surface area contributed by atoms with E-state index in [4.69, 9.17) is 33.3 Å². The number of aromatic amines is 1. The van der Waals surface area contributed by atoms with Crippen molar-refractivity contribution in [2.75, 3.05) is 27.4 Å². The Labute approximate surface area is 316 Å². The van der Waals surface area contributed by atoms with Crippen molar-refractivity contribution in [1.82, 2.24) is 19.5 Å². The van der Waals surface area contributed by atoms with Gasteiger partial charge in [-0.05, 0) is 52.8 Å². The van der Waals surface area contributed by atoms with Crippen molar-refractivity contribution < 1.29 is 42.6 Å². The number of fused-ring (bicyclic) bond motifs is 1. The molecule has 1 unspecified atom stereocenters. The number of ether oxygens (including phenoxy) is 4. The Morgan fingerprint density at radius 2 is 1.69 bits per heavy atom. The molecule has 5 aromatic rings. The average molecular weight is 772 g/mol. The molecular weight excluding hydrogens is 731 g/mol. The van der Waals surface area contributed by atoms with Crippen LogP contribution in [0.4, 0.5) is 5.95 Å². The van der Waals surface area contributed by atoms with Crippen molar-refractivity contribution in [1.29, 1.82) is 5.26 Å². The first kappa shape index (κ1) is 39.3. The molecule has 55 heavy (non-hydrogen) atoms. The lowest BCUT2D eigenvalue weighted by molar-refractivity contribution is -0.222. The molecule has 1 fully saturated rings. The summed E-state index contributed by atoms with van der Waals surface area (Å²) in [5.74, 6) is 0.139. The lowest BCUT2D eigenvalue weighted by Crippen LogP contribution is -2.38. The molecule has 0 spiro atoms. The van der Waals surface area contributed by atoms with E-state index in [0.29, 0.717) is 11.5 Å². The monoisotopic (exact) mass is 771 g/mol. The first-order chi connectivity index (χ1) is 26.5. The molecule has 0 saturated carbocycles. The number of aromatic nitrogens is 4. The number of nitrogens with zero attached hydrogens (tertiary/aromatic N) is 5. The maximum Gasteiger partial charge on any atom is 0.472 e. The van der Waals surface area contributed by atoms with Gasteiger partial charge in [0.2, 0.25) is 5.95 Å². The third kappa shape index (κ3) is 8.63. The Bertz CT molecular complexity index is 2210. The zero-order chi connectivity index (χ0) is 39.2. The minimum Gasteiger partial charge on any atom is -0.861 e. The number of benzene rings is 3. The summed E-state index contributed by atoms with van der Waals surface area (Å²) in [5.41, 5.74) is 0.376. The fourth-order valence-electron chi connectivity index (χ4n) is 6.23. The van der Waals surface area contributed by atoms with E-state index in [1.54, 1.807) is 28.1 Å². The van der Waals surface area contributed by atoms with Crippen LogP contribution in [0.25, 0.3) is 11.2 Å². The Hall–Kier alpha value is -5.40. The van der Waals surface area contributed by atoms with Gasteiger partial charge in [-0.1, -0.05) is 68.4 Å². The molecule has 1 saturated heterocycles. The van der Waals surface area contributed by atoms with Gasteiger partial charge in [-0.3, -0.25) is 23.4 Å².